The molecule has 0 unspecified atom stereocenters. The molecule has 3 aliphatic rings. The van der Waals surface area contributed by atoms with Gasteiger partial charge in [0.25, 0.3) is 5.91 Å². The number of carbonyl (C=O) groups excluding carboxylic acids is 4. The molecule has 1 aromatic rings. The molecular weight excluding hydrogens is 464 g/mol. The van der Waals surface area contributed by atoms with E-state index in [0.29, 0.717) is 10.7 Å². The second-order valence-electron chi connectivity index (χ2n) is 7.89. The van der Waals surface area contributed by atoms with E-state index in [9.17, 15) is 19.2 Å². The van der Waals surface area contributed by atoms with Gasteiger partial charge >= 0.3 is 5.97 Å². The molecule has 1 N–H and O–H groups in total. The van der Waals surface area contributed by atoms with Gasteiger partial charge in [0, 0.05) is 4.47 Å². The van der Waals surface area contributed by atoms with Gasteiger partial charge in [-0.3, -0.25) is 19.3 Å². The molecule has 0 aromatic heterocycles. The quantitative estimate of drug-likeness (QED) is 0.513. The zero-order chi connectivity index (χ0) is 20.9. The van der Waals surface area contributed by atoms with Crippen LogP contribution in [0.5, 0.6) is 0 Å². The van der Waals surface area contributed by atoms with Crippen molar-refractivity contribution in [2.45, 2.75) is 32.2 Å². The van der Waals surface area contributed by atoms with Gasteiger partial charge in [-0.1, -0.05) is 27.5 Å². The fourth-order valence-corrected chi connectivity index (χ4v) is 5.67. The lowest BCUT2D eigenvalue weighted by molar-refractivity contribution is -0.159. The lowest BCUT2D eigenvalue weighted by Crippen LogP contribution is -2.45. The van der Waals surface area contributed by atoms with Gasteiger partial charge < -0.3 is 10.1 Å². The number of hydrogen-bond acceptors (Lipinski definition) is 5. The summed E-state index contributed by atoms with van der Waals surface area (Å²) in [5.74, 6) is -1.99. The number of imide groups is 1. The number of carbonyl (C=O) groups is 4. The van der Waals surface area contributed by atoms with Gasteiger partial charge in [0.15, 0.2) is 6.61 Å². The molecule has 0 spiro atoms. The summed E-state index contributed by atoms with van der Waals surface area (Å²) in [6.07, 6.45) is 2.87. The van der Waals surface area contributed by atoms with E-state index in [2.05, 4.69) is 21.2 Å². The average molecular weight is 484 g/mol. The lowest BCUT2D eigenvalue weighted by atomic mass is 9.81. The Balaban J connectivity index is 1.34. The third-order valence-corrected chi connectivity index (χ3v) is 7.05. The van der Waals surface area contributed by atoms with Gasteiger partial charge in [-0.15, -0.1) is 0 Å². The first-order valence-corrected chi connectivity index (χ1v) is 10.7. The highest BCUT2D eigenvalue weighted by molar-refractivity contribution is 9.10. The molecule has 1 heterocycles. The number of halogens is 2. The zero-order valence-electron chi connectivity index (χ0n) is 15.7. The van der Waals surface area contributed by atoms with Crippen molar-refractivity contribution in [3.05, 3.63) is 27.7 Å². The van der Waals surface area contributed by atoms with Crippen LogP contribution >= 0.6 is 27.5 Å². The van der Waals surface area contributed by atoms with Crippen LogP contribution in [0.3, 0.4) is 0 Å². The summed E-state index contributed by atoms with van der Waals surface area (Å²) in [6, 6.07) is 3.90. The molecule has 2 saturated carbocycles. The van der Waals surface area contributed by atoms with Gasteiger partial charge in [0.2, 0.25) is 11.8 Å². The number of likely N-dealkylation sites (tertiary alicyclic amines) is 1. The lowest BCUT2D eigenvalue weighted by Gasteiger charge is -2.23. The fraction of sp³-hybridized carbons (Fsp3) is 0.500. The van der Waals surface area contributed by atoms with Gasteiger partial charge in [0.1, 0.15) is 6.04 Å². The van der Waals surface area contributed by atoms with Crippen molar-refractivity contribution in [2.24, 2.45) is 23.7 Å². The first-order chi connectivity index (χ1) is 13.8. The highest BCUT2D eigenvalue weighted by Crippen LogP contribution is 2.56. The Labute approximate surface area is 181 Å². The van der Waals surface area contributed by atoms with Crippen molar-refractivity contribution >= 4 is 56.9 Å². The van der Waals surface area contributed by atoms with Crippen LogP contribution in [0.4, 0.5) is 5.69 Å². The van der Waals surface area contributed by atoms with E-state index >= 15 is 0 Å². The van der Waals surface area contributed by atoms with Crippen LogP contribution in [0.1, 0.15) is 26.2 Å². The molecule has 1 aromatic carbocycles. The molecule has 0 radical (unpaired) electrons. The maximum absolute atomic E-state index is 12.8. The number of rotatable bonds is 5. The minimum Gasteiger partial charge on any atom is -0.454 e. The molecule has 1 aliphatic heterocycles. The minimum absolute atomic E-state index is 0.246. The summed E-state index contributed by atoms with van der Waals surface area (Å²) in [4.78, 5) is 51.1. The number of amides is 3. The second-order valence-corrected chi connectivity index (χ2v) is 9.21. The standard InChI is InChI=1S/C20H20BrClN2O5/c1-9(24-18(26)16-10-2-3-11(6-10)17(16)19(24)27)20(28)29-8-15(25)23-14-5-4-12(21)7-13(14)22/h4-5,7,9-11,16-17H,2-3,6,8H2,1H3,(H,23,25)/t9-,10-,11-,16-,17+/m0/s1. The first kappa shape index (κ1) is 20.3. The van der Waals surface area contributed by atoms with Crippen molar-refractivity contribution in [1.29, 1.82) is 0 Å². The number of ether oxygens (including phenoxy) is 1. The second kappa shape index (κ2) is 7.72. The largest absolute Gasteiger partial charge is 0.454 e. The molecule has 1 saturated heterocycles. The molecule has 29 heavy (non-hydrogen) atoms. The van der Waals surface area contributed by atoms with Crippen LogP contribution < -0.4 is 5.32 Å². The minimum atomic E-state index is -1.05. The Bertz CT molecular complexity index is 879. The predicted molar refractivity (Wildman–Crippen MR) is 108 cm³/mol. The Morgan fingerprint density at radius 2 is 1.86 bits per heavy atom. The predicted octanol–water partition coefficient (Wildman–Crippen LogP) is 3.00. The van der Waals surface area contributed by atoms with E-state index in [0.717, 1.165) is 28.6 Å². The summed E-state index contributed by atoms with van der Waals surface area (Å²) in [5, 5.41) is 2.89. The summed E-state index contributed by atoms with van der Waals surface area (Å²) in [7, 11) is 0. The highest BCUT2D eigenvalue weighted by Gasteiger charge is 2.62. The number of esters is 1. The molecule has 5 atom stereocenters. The van der Waals surface area contributed by atoms with Crippen molar-refractivity contribution in [3.63, 3.8) is 0 Å². The van der Waals surface area contributed by atoms with Gasteiger partial charge in [-0.05, 0) is 56.2 Å². The van der Waals surface area contributed by atoms with Crippen LogP contribution in [-0.4, -0.2) is 41.2 Å². The first-order valence-electron chi connectivity index (χ1n) is 9.56. The molecule has 3 fully saturated rings. The Kier molecular flexibility index (Phi) is 5.42. The van der Waals surface area contributed by atoms with E-state index in [4.69, 9.17) is 16.3 Å². The van der Waals surface area contributed by atoms with Crippen LogP contribution in [0.2, 0.25) is 5.02 Å². The van der Waals surface area contributed by atoms with Crippen molar-refractivity contribution in [2.75, 3.05) is 11.9 Å². The molecule has 4 rings (SSSR count). The molecule has 154 valence electrons. The Morgan fingerprint density at radius 1 is 1.24 bits per heavy atom. The van der Waals surface area contributed by atoms with E-state index < -0.39 is 24.5 Å². The van der Waals surface area contributed by atoms with Gasteiger partial charge in [-0.2, -0.15) is 0 Å². The number of nitrogens with zero attached hydrogens (tertiary/aromatic N) is 1. The van der Waals surface area contributed by atoms with E-state index in [1.165, 1.54) is 6.92 Å². The number of hydrogen-bond donors (Lipinski definition) is 1. The summed E-state index contributed by atoms with van der Waals surface area (Å²) < 4.78 is 5.82. The van der Waals surface area contributed by atoms with Gasteiger partial charge in [0.05, 0.1) is 22.5 Å². The van der Waals surface area contributed by atoms with Crippen LogP contribution in [0, 0.1) is 23.7 Å². The molecule has 2 bridgehead atoms. The average Bonchev–Trinajstić information content (AvgIpc) is 3.35. The van der Waals surface area contributed by atoms with Crippen molar-refractivity contribution < 1.29 is 23.9 Å². The number of anilines is 1. The summed E-state index contributed by atoms with van der Waals surface area (Å²) in [5.41, 5.74) is 0.386. The van der Waals surface area contributed by atoms with E-state index in [1.807, 2.05) is 0 Å². The molecule has 3 amide bonds. The summed E-state index contributed by atoms with van der Waals surface area (Å²) in [6.45, 7) is 0.925. The Morgan fingerprint density at radius 3 is 2.45 bits per heavy atom. The van der Waals surface area contributed by atoms with E-state index in [1.54, 1.807) is 18.2 Å². The summed E-state index contributed by atoms with van der Waals surface area (Å²) >= 11 is 9.32. The molecule has 7 nitrogen and oxygen atoms in total. The van der Waals surface area contributed by atoms with Crippen LogP contribution in [-0.2, 0) is 23.9 Å². The van der Waals surface area contributed by atoms with Gasteiger partial charge in [-0.25, -0.2) is 4.79 Å². The highest BCUT2D eigenvalue weighted by atomic mass is 79.9. The Hall–Kier alpha value is -1.93. The monoisotopic (exact) mass is 482 g/mol. The molecule has 2 aliphatic carbocycles. The SMILES string of the molecule is C[C@@H](C(=O)OCC(=O)Nc1ccc(Br)cc1Cl)N1C(=O)[C@@H]2[C@H]3CC[C@@H](C3)[C@@H]2C1=O. The normalized spacial score (nSPS) is 28.4. The number of nitrogens with one attached hydrogen (secondary N) is 1. The molecule has 9 heteroatoms. The number of benzene rings is 1. The number of fused-ring (bicyclic) bond motifs is 5. The molecular formula is C20H20BrClN2O5. The zero-order valence-corrected chi connectivity index (χ0v) is 18.0. The van der Waals surface area contributed by atoms with E-state index in [-0.39, 0.29) is 35.5 Å². The maximum Gasteiger partial charge on any atom is 0.329 e. The third kappa shape index (κ3) is 3.57. The van der Waals surface area contributed by atoms with Crippen molar-refractivity contribution in [1.82, 2.24) is 4.90 Å². The maximum atomic E-state index is 12.8. The van der Waals surface area contributed by atoms with Crippen LogP contribution in [0.25, 0.3) is 0 Å². The van der Waals surface area contributed by atoms with Crippen molar-refractivity contribution in [3.8, 4) is 0 Å². The van der Waals surface area contributed by atoms with Crippen LogP contribution in [0.15, 0.2) is 22.7 Å². The third-order valence-electron chi connectivity index (χ3n) is 6.24. The topological polar surface area (TPSA) is 92.8 Å². The fourth-order valence-electron chi connectivity index (χ4n) is 4.95. The smallest absolute Gasteiger partial charge is 0.329 e.